The fourth-order valence-electron chi connectivity index (χ4n) is 1.16. The molecule has 0 bridgehead atoms. The molecule has 0 heterocycles. The SMILES string of the molecule is C/C=C(\C)COc1ccc(C#N)cc1C.C=CC. The maximum Gasteiger partial charge on any atom is 0.122 e. The number of hydrogen-bond acceptors (Lipinski definition) is 2. The largest absolute Gasteiger partial charge is 0.489 e. The van der Waals surface area contributed by atoms with Crippen LogP contribution in [-0.4, -0.2) is 6.61 Å². The van der Waals surface area contributed by atoms with E-state index in [1.165, 1.54) is 5.57 Å². The molecule has 0 aromatic heterocycles. The lowest BCUT2D eigenvalue weighted by molar-refractivity contribution is 0.349. The fourth-order valence-corrected chi connectivity index (χ4v) is 1.16. The second-order valence-electron chi connectivity index (χ2n) is 3.92. The molecule has 0 saturated heterocycles. The zero-order chi connectivity index (χ0) is 14.0. The topological polar surface area (TPSA) is 33.0 Å². The second kappa shape index (κ2) is 9.07. The number of benzene rings is 1. The average molecular weight is 243 g/mol. The number of nitriles is 1. The number of hydrogen-bond donors (Lipinski definition) is 0. The van der Waals surface area contributed by atoms with Crippen LogP contribution < -0.4 is 4.74 Å². The number of aryl methyl sites for hydroxylation is 1. The highest BCUT2D eigenvalue weighted by Gasteiger charge is 2.00. The van der Waals surface area contributed by atoms with Crippen molar-refractivity contribution >= 4 is 0 Å². The highest BCUT2D eigenvalue weighted by Crippen LogP contribution is 2.19. The summed E-state index contributed by atoms with van der Waals surface area (Å²) in [6.45, 7) is 11.8. The predicted octanol–water partition coefficient (Wildman–Crippen LogP) is 4.40. The van der Waals surface area contributed by atoms with Crippen molar-refractivity contribution in [2.24, 2.45) is 0 Å². The van der Waals surface area contributed by atoms with Crippen molar-refractivity contribution in [3.8, 4) is 11.8 Å². The van der Waals surface area contributed by atoms with Crippen LogP contribution in [0, 0.1) is 18.3 Å². The number of allylic oxidation sites excluding steroid dienone is 2. The van der Waals surface area contributed by atoms with Gasteiger partial charge in [-0.05, 0) is 57.0 Å². The molecule has 2 heteroatoms. The van der Waals surface area contributed by atoms with E-state index in [9.17, 15) is 0 Å². The van der Waals surface area contributed by atoms with Gasteiger partial charge in [0.15, 0.2) is 0 Å². The standard InChI is InChI=1S/C13H15NO.C3H6/c1-4-10(2)9-15-13-6-5-12(8-14)7-11(13)3;1-3-2/h4-7H,9H2,1-3H3;3H,1H2,2H3/b10-4+;. The molecule has 1 aromatic rings. The van der Waals surface area contributed by atoms with E-state index in [4.69, 9.17) is 10.00 Å². The molecule has 0 spiro atoms. The van der Waals surface area contributed by atoms with Gasteiger partial charge in [-0.15, -0.1) is 6.58 Å². The summed E-state index contributed by atoms with van der Waals surface area (Å²) in [6, 6.07) is 7.55. The van der Waals surface area contributed by atoms with Crippen molar-refractivity contribution in [3.05, 3.63) is 53.6 Å². The normalized spacial score (nSPS) is 9.83. The molecule has 0 unspecified atom stereocenters. The Labute approximate surface area is 110 Å². The maximum atomic E-state index is 8.71. The summed E-state index contributed by atoms with van der Waals surface area (Å²) in [5.41, 5.74) is 2.86. The lowest BCUT2D eigenvalue weighted by Gasteiger charge is -2.09. The molecule has 0 aliphatic carbocycles. The minimum atomic E-state index is 0.600. The molecule has 1 aromatic carbocycles. The minimum Gasteiger partial charge on any atom is -0.489 e. The van der Waals surface area contributed by atoms with E-state index in [1.54, 1.807) is 12.1 Å². The molecule has 2 nitrogen and oxygen atoms in total. The highest BCUT2D eigenvalue weighted by atomic mass is 16.5. The molecular weight excluding hydrogens is 222 g/mol. The number of nitrogens with zero attached hydrogens (tertiary/aromatic N) is 1. The molecular formula is C16H21NO. The maximum absolute atomic E-state index is 8.71. The van der Waals surface area contributed by atoms with Gasteiger partial charge in [0.25, 0.3) is 0 Å². The van der Waals surface area contributed by atoms with Gasteiger partial charge in [-0.25, -0.2) is 0 Å². The van der Waals surface area contributed by atoms with Crippen molar-refractivity contribution in [1.82, 2.24) is 0 Å². The first-order valence-electron chi connectivity index (χ1n) is 5.91. The Morgan fingerprint density at radius 2 is 2.06 bits per heavy atom. The van der Waals surface area contributed by atoms with Crippen LogP contribution in [0.2, 0.25) is 0 Å². The van der Waals surface area contributed by atoms with Crippen molar-refractivity contribution < 1.29 is 4.74 Å². The third kappa shape index (κ3) is 5.91. The fraction of sp³-hybridized carbons (Fsp3) is 0.312. The summed E-state index contributed by atoms with van der Waals surface area (Å²) in [7, 11) is 0. The van der Waals surface area contributed by atoms with Crippen LogP contribution in [0.25, 0.3) is 0 Å². The first kappa shape index (κ1) is 16.0. The lowest BCUT2D eigenvalue weighted by Crippen LogP contribution is -1.99. The zero-order valence-electron chi connectivity index (χ0n) is 11.7. The van der Waals surface area contributed by atoms with Crippen LogP contribution in [-0.2, 0) is 0 Å². The van der Waals surface area contributed by atoms with E-state index in [0.717, 1.165) is 11.3 Å². The number of rotatable bonds is 3. The molecule has 0 amide bonds. The van der Waals surface area contributed by atoms with E-state index >= 15 is 0 Å². The van der Waals surface area contributed by atoms with Gasteiger partial charge in [0.1, 0.15) is 12.4 Å². The van der Waals surface area contributed by atoms with Crippen LogP contribution in [0.4, 0.5) is 0 Å². The lowest BCUT2D eigenvalue weighted by atomic mass is 10.1. The Morgan fingerprint density at radius 1 is 1.44 bits per heavy atom. The van der Waals surface area contributed by atoms with Crippen molar-refractivity contribution in [2.45, 2.75) is 27.7 Å². The molecule has 1 rings (SSSR count). The van der Waals surface area contributed by atoms with Gasteiger partial charge < -0.3 is 4.74 Å². The van der Waals surface area contributed by atoms with E-state index in [2.05, 4.69) is 12.6 Å². The Bertz CT molecular complexity index is 453. The van der Waals surface area contributed by atoms with Gasteiger partial charge in [-0.2, -0.15) is 5.26 Å². The van der Waals surface area contributed by atoms with Crippen molar-refractivity contribution in [2.75, 3.05) is 6.61 Å². The van der Waals surface area contributed by atoms with Gasteiger partial charge in [0, 0.05) is 0 Å². The average Bonchev–Trinajstić information content (AvgIpc) is 2.37. The van der Waals surface area contributed by atoms with Gasteiger partial charge in [0.05, 0.1) is 11.6 Å². The van der Waals surface area contributed by atoms with Crippen LogP contribution in [0.5, 0.6) is 5.75 Å². The van der Waals surface area contributed by atoms with E-state index in [1.807, 2.05) is 45.9 Å². The zero-order valence-corrected chi connectivity index (χ0v) is 11.7. The van der Waals surface area contributed by atoms with Crippen LogP contribution in [0.3, 0.4) is 0 Å². The third-order valence-electron chi connectivity index (χ3n) is 2.25. The van der Waals surface area contributed by atoms with Crippen LogP contribution in [0.1, 0.15) is 31.9 Å². The predicted molar refractivity (Wildman–Crippen MR) is 76.7 cm³/mol. The molecule has 0 radical (unpaired) electrons. The van der Waals surface area contributed by atoms with Crippen molar-refractivity contribution in [1.29, 1.82) is 5.26 Å². The molecule has 0 aliphatic rings. The Hall–Kier alpha value is -2.01. The summed E-state index contributed by atoms with van der Waals surface area (Å²) in [4.78, 5) is 0. The Kier molecular flexibility index (Phi) is 8.05. The minimum absolute atomic E-state index is 0.600. The molecule has 0 N–H and O–H groups in total. The molecule has 96 valence electrons. The van der Waals surface area contributed by atoms with Gasteiger partial charge in [0.2, 0.25) is 0 Å². The Morgan fingerprint density at radius 3 is 2.50 bits per heavy atom. The molecule has 0 saturated carbocycles. The van der Waals surface area contributed by atoms with E-state index in [0.29, 0.717) is 12.2 Å². The van der Waals surface area contributed by atoms with Crippen molar-refractivity contribution in [3.63, 3.8) is 0 Å². The highest BCUT2D eigenvalue weighted by molar-refractivity contribution is 5.41. The monoisotopic (exact) mass is 243 g/mol. The quantitative estimate of drug-likeness (QED) is 0.737. The first-order chi connectivity index (χ1) is 8.58. The van der Waals surface area contributed by atoms with Gasteiger partial charge in [-0.1, -0.05) is 12.2 Å². The smallest absolute Gasteiger partial charge is 0.122 e. The Balaban J connectivity index is 0.000000873. The van der Waals surface area contributed by atoms with Crippen LogP contribution >= 0.6 is 0 Å². The molecule has 0 atom stereocenters. The first-order valence-corrected chi connectivity index (χ1v) is 5.91. The molecule has 0 fully saturated rings. The van der Waals surface area contributed by atoms with E-state index in [-0.39, 0.29) is 0 Å². The summed E-state index contributed by atoms with van der Waals surface area (Å²) >= 11 is 0. The van der Waals surface area contributed by atoms with Crippen LogP contribution in [0.15, 0.2) is 42.5 Å². The summed E-state index contributed by atoms with van der Waals surface area (Å²) in [6.07, 6.45) is 3.78. The second-order valence-corrected chi connectivity index (χ2v) is 3.92. The third-order valence-corrected chi connectivity index (χ3v) is 2.25. The van der Waals surface area contributed by atoms with Gasteiger partial charge >= 0.3 is 0 Å². The molecule has 18 heavy (non-hydrogen) atoms. The van der Waals surface area contributed by atoms with E-state index < -0.39 is 0 Å². The summed E-state index contributed by atoms with van der Waals surface area (Å²) in [5.74, 6) is 0.843. The summed E-state index contributed by atoms with van der Waals surface area (Å²) < 4.78 is 5.61. The summed E-state index contributed by atoms with van der Waals surface area (Å²) in [5, 5.41) is 8.71. The molecule has 0 aliphatic heterocycles. The number of ether oxygens (including phenoxy) is 1. The van der Waals surface area contributed by atoms with Gasteiger partial charge in [-0.3, -0.25) is 0 Å².